The summed E-state index contributed by atoms with van der Waals surface area (Å²) in [5.41, 5.74) is 5.88. The van der Waals surface area contributed by atoms with Crippen molar-refractivity contribution in [3.8, 4) is 0 Å². The van der Waals surface area contributed by atoms with Crippen LogP contribution in [0.3, 0.4) is 0 Å². The Morgan fingerprint density at radius 3 is 2.19 bits per heavy atom. The maximum Gasteiger partial charge on any atom is 0.500 e. The first-order chi connectivity index (χ1) is 7.64. The Bertz CT molecular complexity index is 166. The minimum atomic E-state index is -2.45. The van der Waals surface area contributed by atoms with Crippen molar-refractivity contribution in [3.63, 3.8) is 0 Å². The van der Waals surface area contributed by atoms with E-state index in [0.29, 0.717) is 25.5 Å². The summed E-state index contributed by atoms with van der Waals surface area (Å²) in [6, 6.07) is 0.837. The summed E-state index contributed by atoms with van der Waals surface area (Å²) in [5, 5.41) is 0. The van der Waals surface area contributed by atoms with Crippen LogP contribution in [-0.4, -0.2) is 43.8 Å². The molecule has 0 aromatic heterocycles. The molecule has 1 atom stereocenters. The van der Waals surface area contributed by atoms with Gasteiger partial charge in [0.2, 0.25) is 0 Å². The Balaban J connectivity index is 4.48. The monoisotopic (exact) mass is 265 g/mol. The van der Waals surface area contributed by atoms with Gasteiger partial charge in [-0.1, -0.05) is 6.55 Å². The summed E-state index contributed by atoms with van der Waals surface area (Å²) in [4.78, 5) is 0. The highest BCUT2D eigenvalue weighted by Crippen LogP contribution is 2.19. The van der Waals surface area contributed by atoms with Gasteiger partial charge in [-0.2, -0.15) is 0 Å². The average molecular weight is 266 g/mol. The number of hydrogen-bond donors (Lipinski definition) is 1. The van der Waals surface area contributed by atoms with E-state index in [1.165, 1.54) is 0 Å². The van der Waals surface area contributed by atoms with E-state index >= 15 is 0 Å². The molecule has 98 valence electrons. The Kier molecular flexibility index (Phi) is 9.48. The standard InChI is InChI=1S/C10H27NO3Si2/c1-5-12-16(13-6-2,9-7-8-11)14-10(3)15-4/h10H,5-9,11,15H2,1-4H3. The van der Waals surface area contributed by atoms with Gasteiger partial charge >= 0.3 is 8.80 Å². The van der Waals surface area contributed by atoms with E-state index in [9.17, 15) is 0 Å². The second-order valence-electron chi connectivity index (χ2n) is 3.78. The van der Waals surface area contributed by atoms with Crippen molar-refractivity contribution in [3.05, 3.63) is 0 Å². The topological polar surface area (TPSA) is 53.7 Å². The Morgan fingerprint density at radius 1 is 1.25 bits per heavy atom. The SMILES string of the molecule is CCO[Si](CCCN)(OCC)OC(C)[SiH2]C. The zero-order valence-corrected chi connectivity index (χ0v) is 13.5. The highest BCUT2D eigenvalue weighted by atomic mass is 28.4. The lowest BCUT2D eigenvalue weighted by Gasteiger charge is -2.31. The van der Waals surface area contributed by atoms with Gasteiger partial charge in [0, 0.05) is 25.0 Å². The molecule has 0 spiro atoms. The fourth-order valence-electron chi connectivity index (χ4n) is 1.46. The summed E-state index contributed by atoms with van der Waals surface area (Å²) in [6.45, 7) is 10.3. The van der Waals surface area contributed by atoms with Crippen LogP contribution in [0.4, 0.5) is 0 Å². The maximum absolute atomic E-state index is 6.07. The van der Waals surface area contributed by atoms with Gasteiger partial charge < -0.3 is 19.0 Å². The summed E-state index contributed by atoms with van der Waals surface area (Å²) < 4.78 is 17.7. The van der Waals surface area contributed by atoms with E-state index in [1.54, 1.807) is 0 Å². The predicted octanol–water partition coefficient (Wildman–Crippen LogP) is 0.927. The molecule has 6 heteroatoms. The van der Waals surface area contributed by atoms with Gasteiger partial charge in [-0.15, -0.1) is 0 Å². The first-order valence-electron chi connectivity index (χ1n) is 6.29. The summed E-state index contributed by atoms with van der Waals surface area (Å²) in [5.74, 6) is 0. The van der Waals surface area contributed by atoms with Crippen LogP contribution in [0.15, 0.2) is 0 Å². The molecule has 0 aromatic rings. The zero-order chi connectivity index (χ0) is 12.4. The minimum Gasteiger partial charge on any atom is -0.375 e. The van der Waals surface area contributed by atoms with Gasteiger partial charge in [-0.05, 0) is 33.7 Å². The molecule has 1 unspecified atom stereocenters. The average Bonchev–Trinajstić information content (AvgIpc) is 2.27. The summed E-state index contributed by atoms with van der Waals surface area (Å²) in [7, 11) is -2.62. The van der Waals surface area contributed by atoms with Crippen molar-refractivity contribution in [1.82, 2.24) is 0 Å². The highest BCUT2D eigenvalue weighted by molar-refractivity contribution is 6.61. The van der Waals surface area contributed by atoms with E-state index in [0.717, 1.165) is 12.5 Å². The molecule has 0 aliphatic carbocycles. The Hall–Kier alpha value is 0.274. The molecule has 0 fully saturated rings. The van der Waals surface area contributed by atoms with Crippen molar-refractivity contribution in [2.75, 3.05) is 19.8 Å². The maximum atomic E-state index is 6.07. The van der Waals surface area contributed by atoms with Crippen LogP contribution in [0.2, 0.25) is 12.6 Å². The fraction of sp³-hybridized carbons (Fsp3) is 1.00. The first kappa shape index (κ1) is 16.3. The normalized spacial score (nSPS) is 14.8. The number of nitrogens with two attached hydrogens (primary N) is 1. The van der Waals surface area contributed by atoms with Crippen LogP contribution >= 0.6 is 0 Å². The summed E-state index contributed by atoms with van der Waals surface area (Å²) in [6.07, 6.45) is 0.907. The van der Waals surface area contributed by atoms with Crippen LogP contribution in [0.25, 0.3) is 0 Å². The van der Waals surface area contributed by atoms with Crippen molar-refractivity contribution >= 4 is 18.3 Å². The van der Waals surface area contributed by atoms with Crippen LogP contribution in [0, 0.1) is 0 Å². The van der Waals surface area contributed by atoms with Gasteiger partial charge in [-0.3, -0.25) is 0 Å². The van der Waals surface area contributed by atoms with E-state index in [1.807, 2.05) is 13.8 Å². The Labute approximate surface area is 103 Å². The largest absolute Gasteiger partial charge is 0.500 e. The van der Waals surface area contributed by atoms with Crippen molar-refractivity contribution in [2.45, 2.75) is 45.5 Å². The molecule has 0 saturated heterocycles. The molecular formula is C10H27NO3Si2. The second kappa shape index (κ2) is 9.32. The third-order valence-corrected chi connectivity index (χ3v) is 7.21. The van der Waals surface area contributed by atoms with Gasteiger partial charge in [0.15, 0.2) is 0 Å². The van der Waals surface area contributed by atoms with Gasteiger partial charge in [-0.25, -0.2) is 0 Å². The zero-order valence-electron chi connectivity index (χ0n) is 11.1. The predicted molar refractivity (Wildman–Crippen MR) is 72.4 cm³/mol. The lowest BCUT2D eigenvalue weighted by molar-refractivity contribution is 0.0596. The lowest BCUT2D eigenvalue weighted by atomic mass is 10.5. The highest BCUT2D eigenvalue weighted by Gasteiger charge is 2.41. The van der Waals surface area contributed by atoms with Gasteiger partial charge in [0.25, 0.3) is 0 Å². The van der Waals surface area contributed by atoms with Crippen LogP contribution in [0.5, 0.6) is 0 Å². The molecule has 0 aliphatic rings. The lowest BCUT2D eigenvalue weighted by Crippen LogP contribution is -2.49. The Morgan fingerprint density at radius 2 is 1.81 bits per heavy atom. The summed E-state index contributed by atoms with van der Waals surface area (Å²) >= 11 is 0. The third-order valence-electron chi connectivity index (χ3n) is 2.37. The van der Waals surface area contributed by atoms with E-state index in [2.05, 4.69) is 13.5 Å². The molecular weight excluding hydrogens is 238 g/mol. The molecule has 4 nitrogen and oxygen atoms in total. The quantitative estimate of drug-likeness (QED) is 0.597. The molecule has 0 bridgehead atoms. The van der Waals surface area contributed by atoms with Crippen molar-refractivity contribution in [2.24, 2.45) is 5.73 Å². The first-order valence-corrected chi connectivity index (χ1v) is 10.5. The van der Waals surface area contributed by atoms with Crippen LogP contribution in [-0.2, 0) is 13.3 Å². The number of hydrogen-bond acceptors (Lipinski definition) is 4. The third kappa shape index (κ3) is 6.12. The van der Waals surface area contributed by atoms with Crippen LogP contribution < -0.4 is 5.73 Å². The molecule has 0 radical (unpaired) electrons. The molecule has 16 heavy (non-hydrogen) atoms. The molecule has 0 rings (SSSR count). The number of rotatable bonds is 10. The van der Waals surface area contributed by atoms with Gasteiger partial charge in [0.05, 0.1) is 9.52 Å². The van der Waals surface area contributed by atoms with E-state index in [4.69, 9.17) is 19.0 Å². The van der Waals surface area contributed by atoms with Crippen molar-refractivity contribution < 1.29 is 13.3 Å². The minimum absolute atomic E-state index is 0.177. The second-order valence-corrected chi connectivity index (χ2v) is 8.42. The molecule has 0 aliphatic heterocycles. The molecule has 0 aromatic carbocycles. The molecule has 0 saturated carbocycles. The smallest absolute Gasteiger partial charge is 0.375 e. The van der Waals surface area contributed by atoms with Gasteiger partial charge in [0.1, 0.15) is 0 Å². The molecule has 0 heterocycles. The fourth-order valence-corrected chi connectivity index (χ4v) is 5.65. The van der Waals surface area contributed by atoms with E-state index < -0.39 is 8.80 Å². The molecule has 2 N–H and O–H groups in total. The van der Waals surface area contributed by atoms with Crippen LogP contribution in [0.1, 0.15) is 27.2 Å². The van der Waals surface area contributed by atoms with E-state index in [-0.39, 0.29) is 9.52 Å². The molecule has 0 amide bonds. The van der Waals surface area contributed by atoms with Crippen molar-refractivity contribution in [1.29, 1.82) is 0 Å².